The van der Waals surface area contributed by atoms with Gasteiger partial charge in [-0.15, -0.1) is 0 Å². The quantitative estimate of drug-likeness (QED) is 0.0397. The lowest BCUT2D eigenvalue weighted by atomic mass is 9.95. The predicted molar refractivity (Wildman–Crippen MR) is 368 cm³/mol. The lowest BCUT2D eigenvalue weighted by Crippen LogP contribution is -2.67. The maximum atomic E-state index is 14.9. The Morgan fingerprint density at radius 2 is 0.481 bits per heavy atom. The molecule has 0 aliphatic carbocycles. The highest BCUT2D eigenvalue weighted by atomic mass is 16.8. The molecule has 15 atom stereocenters. The van der Waals surface area contributed by atoms with Crippen LogP contribution in [0.2, 0.25) is 0 Å². The van der Waals surface area contributed by atoms with Crippen LogP contribution < -0.4 is 0 Å². The predicted octanol–water partition coefficient (Wildman–Crippen LogP) is 9.21. The average Bonchev–Trinajstić information content (AvgIpc) is 0.734. The standard InChI is InChI=1S/C81H68O25/c82-46-58-61(98-71(84)50-30-12-2-13-31-50)65(102-75(88)54-38-20-6-21-39-54)68(104-77(90)56-42-24-8-25-43-56)80(96-58)94-48-59-62(99-72(85)51-32-14-3-15-33-51)64(101-74(87)53-36-18-5-19-37-53)67(79(92)95-59)106-81-69(105-78(91)57-44-26-9-27-45-57)66(103-76(89)55-40-22-7-23-41-55)63(100-73(86)52-34-16-4-17-35-52)60(97-81)47-93-70(83)49-28-10-1-11-29-49/h1-45,58-69,79-82,92H,46-48H2/t58-,59-,60-,61-,62-,63-,64+,65+,66+,67+,68+,69+,79+,80+,81-/m1/s1. The van der Waals surface area contributed by atoms with Crippen LogP contribution in [0.15, 0.2) is 273 Å². The number of carbonyl (C=O) groups is 9. The summed E-state index contributed by atoms with van der Waals surface area (Å²) in [6, 6.07) is 67.9. The topological polar surface area (TPSA) is 323 Å². The van der Waals surface area contributed by atoms with Crippen molar-refractivity contribution in [1.29, 1.82) is 0 Å². The molecule has 25 nitrogen and oxygen atoms in total. The van der Waals surface area contributed by atoms with Crippen molar-refractivity contribution in [3.8, 4) is 0 Å². The number of hydrogen-bond donors (Lipinski definition) is 2. The van der Waals surface area contributed by atoms with Crippen molar-refractivity contribution < 1.29 is 120 Å². The molecule has 0 unspecified atom stereocenters. The molecule has 2 N–H and O–H groups in total. The summed E-state index contributed by atoms with van der Waals surface area (Å²) in [6.07, 6.45) is -30.1. The molecular weight excluding hydrogens is 1370 g/mol. The summed E-state index contributed by atoms with van der Waals surface area (Å²) >= 11 is 0. The molecule has 3 fully saturated rings. The minimum atomic E-state index is -2.43. The Labute approximate surface area is 605 Å². The zero-order valence-electron chi connectivity index (χ0n) is 56.0. The Kier molecular flexibility index (Phi) is 24.6. The smallest absolute Gasteiger partial charge is 0.338 e. The summed E-state index contributed by atoms with van der Waals surface area (Å²) in [5.74, 6) is -9.39. The molecule has 0 saturated carbocycles. The average molecular weight is 1440 g/mol. The van der Waals surface area contributed by atoms with E-state index in [0.29, 0.717) is 0 Å². The van der Waals surface area contributed by atoms with E-state index in [1.165, 1.54) is 158 Å². The van der Waals surface area contributed by atoms with Crippen molar-refractivity contribution in [1.82, 2.24) is 0 Å². The first-order valence-corrected chi connectivity index (χ1v) is 33.5. The summed E-state index contributed by atoms with van der Waals surface area (Å²) in [4.78, 5) is 130. The van der Waals surface area contributed by atoms with Gasteiger partial charge in [0, 0.05) is 0 Å². The van der Waals surface area contributed by atoms with E-state index in [1.54, 1.807) is 115 Å². The van der Waals surface area contributed by atoms with E-state index in [1.807, 2.05) is 0 Å². The Morgan fingerprint density at radius 1 is 0.255 bits per heavy atom. The van der Waals surface area contributed by atoms with Gasteiger partial charge in [-0.1, -0.05) is 164 Å². The Bertz CT molecular complexity index is 4430. The van der Waals surface area contributed by atoms with Gasteiger partial charge in [0.25, 0.3) is 0 Å². The number of rotatable bonds is 25. The normalized spacial score (nSPS) is 23.9. The SMILES string of the molecule is O=C(OC[C@H]1O[C@H](O[C@H]2[C@@H](OC(=O)c3ccccc3)[C@H](OC(=O)c3ccccc3)[C@@H](CO[C@H]3O[C@H](CO)[C@@H](OC(=O)c4ccccc4)[C@H](OC(=O)c4ccccc4)[C@@H]3OC(=O)c3ccccc3)O[C@@H]2O)[C@@H](OC(=O)c2ccccc2)[C@@H](OC(=O)c2ccccc2)[C@@H]1OC(=O)c1ccccc1)c1ccccc1. The molecule has 0 radical (unpaired) electrons. The van der Waals surface area contributed by atoms with Gasteiger partial charge in [-0.2, -0.15) is 0 Å². The maximum absolute atomic E-state index is 14.9. The summed E-state index contributed by atoms with van der Waals surface area (Å²) in [5, 5.41) is 24.1. The first-order valence-electron chi connectivity index (χ1n) is 33.5. The van der Waals surface area contributed by atoms with E-state index in [0.717, 1.165) is 0 Å². The number of carbonyl (C=O) groups excluding carboxylic acids is 9. The van der Waals surface area contributed by atoms with Gasteiger partial charge in [0.05, 0.1) is 63.3 Å². The van der Waals surface area contributed by atoms with Gasteiger partial charge in [-0.05, 0) is 109 Å². The number of aliphatic hydroxyl groups excluding tert-OH is 2. The molecule has 3 aliphatic heterocycles. The van der Waals surface area contributed by atoms with Crippen LogP contribution in [0.1, 0.15) is 93.2 Å². The molecule has 0 bridgehead atoms. The Morgan fingerprint density at radius 3 is 0.774 bits per heavy atom. The molecule has 9 aromatic rings. The van der Waals surface area contributed by atoms with Crippen molar-refractivity contribution >= 4 is 53.7 Å². The highest BCUT2D eigenvalue weighted by Crippen LogP contribution is 2.38. The largest absolute Gasteiger partial charge is 0.459 e. The van der Waals surface area contributed by atoms with Gasteiger partial charge in [0.15, 0.2) is 73.8 Å². The molecular formula is C81H68O25. The van der Waals surface area contributed by atoms with E-state index in [2.05, 4.69) is 0 Å². The molecule has 106 heavy (non-hydrogen) atoms. The molecule has 3 saturated heterocycles. The molecule has 3 aliphatic rings. The minimum absolute atomic E-state index is 0.00911. The molecule has 25 heteroatoms. The van der Waals surface area contributed by atoms with Gasteiger partial charge in [-0.3, -0.25) is 0 Å². The highest BCUT2D eigenvalue weighted by Gasteiger charge is 2.59. The third-order valence-corrected chi connectivity index (χ3v) is 17.1. The maximum Gasteiger partial charge on any atom is 0.338 e. The second-order valence-corrected chi connectivity index (χ2v) is 24.1. The second-order valence-electron chi connectivity index (χ2n) is 24.1. The highest BCUT2D eigenvalue weighted by molar-refractivity contribution is 5.94. The van der Waals surface area contributed by atoms with Crippen LogP contribution in [-0.2, 0) is 66.3 Å². The van der Waals surface area contributed by atoms with Gasteiger partial charge in [0.2, 0.25) is 0 Å². The van der Waals surface area contributed by atoms with Crippen LogP contribution in [0, 0.1) is 0 Å². The number of ether oxygens (including phenoxy) is 14. The summed E-state index contributed by atoms with van der Waals surface area (Å²) in [5.41, 5.74) is -0.270. The van der Waals surface area contributed by atoms with Crippen LogP contribution in [0.25, 0.3) is 0 Å². The van der Waals surface area contributed by atoms with Crippen LogP contribution >= 0.6 is 0 Å². The molecule has 12 rings (SSSR count). The third kappa shape index (κ3) is 18.3. The fourth-order valence-corrected chi connectivity index (χ4v) is 11.8. The molecule has 542 valence electrons. The summed E-state index contributed by atoms with van der Waals surface area (Å²) in [6.45, 7) is -2.76. The monoisotopic (exact) mass is 1440 g/mol. The van der Waals surface area contributed by atoms with Crippen molar-refractivity contribution in [2.24, 2.45) is 0 Å². The zero-order valence-corrected chi connectivity index (χ0v) is 56.0. The van der Waals surface area contributed by atoms with Crippen LogP contribution in [0.3, 0.4) is 0 Å². The number of benzene rings is 9. The van der Waals surface area contributed by atoms with Gasteiger partial charge < -0.3 is 76.5 Å². The van der Waals surface area contributed by atoms with Crippen molar-refractivity contribution in [2.75, 3.05) is 19.8 Å². The fraction of sp³-hybridized carbons (Fsp3) is 0.222. The lowest BCUT2D eigenvalue weighted by molar-refractivity contribution is -0.364. The van der Waals surface area contributed by atoms with Crippen LogP contribution in [-0.4, -0.2) is 176 Å². The molecule has 0 spiro atoms. The van der Waals surface area contributed by atoms with Gasteiger partial charge >= 0.3 is 53.7 Å². The van der Waals surface area contributed by atoms with Crippen molar-refractivity contribution in [3.63, 3.8) is 0 Å². The van der Waals surface area contributed by atoms with Gasteiger partial charge in [0.1, 0.15) is 24.9 Å². The second kappa shape index (κ2) is 35.4. The molecule has 0 aromatic heterocycles. The number of aliphatic hydroxyl groups is 2. The Hall–Kier alpha value is -12.1. The first kappa shape index (κ1) is 73.7. The zero-order chi connectivity index (χ0) is 73.9. The lowest BCUT2D eigenvalue weighted by Gasteiger charge is -2.48. The minimum Gasteiger partial charge on any atom is -0.459 e. The van der Waals surface area contributed by atoms with Crippen LogP contribution in [0.5, 0.6) is 0 Å². The third-order valence-electron chi connectivity index (χ3n) is 17.1. The van der Waals surface area contributed by atoms with E-state index in [-0.39, 0.29) is 50.1 Å². The number of hydrogen-bond acceptors (Lipinski definition) is 25. The molecule has 3 heterocycles. The van der Waals surface area contributed by atoms with Crippen molar-refractivity contribution in [3.05, 3.63) is 323 Å². The summed E-state index contributed by atoms with van der Waals surface area (Å²) in [7, 11) is 0. The number of esters is 9. The molecule has 0 amide bonds. The summed E-state index contributed by atoms with van der Waals surface area (Å²) < 4.78 is 88.7. The Balaban J connectivity index is 0.962. The van der Waals surface area contributed by atoms with Gasteiger partial charge in [-0.25, -0.2) is 43.2 Å². The first-order chi connectivity index (χ1) is 51.7. The molecule has 9 aromatic carbocycles. The van der Waals surface area contributed by atoms with E-state index < -0.39 is 166 Å². The van der Waals surface area contributed by atoms with Crippen LogP contribution in [0.4, 0.5) is 0 Å². The van der Waals surface area contributed by atoms with E-state index >= 15 is 0 Å². The fourth-order valence-electron chi connectivity index (χ4n) is 11.8. The van der Waals surface area contributed by atoms with E-state index in [9.17, 15) is 53.4 Å². The van der Waals surface area contributed by atoms with E-state index in [4.69, 9.17) is 66.3 Å². The van der Waals surface area contributed by atoms with Crippen molar-refractivity contribution in [2.45, 2.75) is 92.1 Å².